The first-order valence-electron chi connectivity index (χ1n) is 2.94. The van der Waals surface area contributed by atoms with Gasteiger partial charge in [0.15, 0.2) is 0 Å². The Balaban J connectivity index is 2.13. The molecule has 1 atom stereocenters. The molecule has 0 amide bonds. The fourth-order valence-electron chi connectivity index (χ4n) is 0.843. The van der Waals surface area contributed by atoms with E-state index in [1.165, 1.54) is 19.3 Å². The monoisotopic (exact) mass is 238 g/mol. The van der Waals surface area contributed by atoms with Crippen LogP contribution in [0.1, 0.15) is 19.3 Å². The molecule has 1 rings (SSSR count). The molecular formula is C5H10OSSn. The van der Waals surface area contributed by atoms with Crippen molar-refractivity contribution in [3.8, 4) is 0 Å². The first kappa shape index (κ1) is 7.22. The Morgan fingerprint density at radius 1 is 1.50 bits per heavy atom. The van der Waals surface area contributed by atoms with Crippen LogP contribution in [0.2, 0.25) is 0 Å². The average molecular weight is 237 g/mol. The zero-order valence-corrected chi connectivity index (χ0v) is 8.51. The average Bonchev–Trinajstić information content (AvgIpc) is 1.90. The summed E-state index contributed by atoms with van der Waals surface area (Å²) in [5.41, 5.74) is 0. The van der Waals surface area contributed by atoms with Gasteiger partial charge >= 0.3 is 64.3 Å². The molecule has 1 saturated heterocycles. The maximum atomic E-state index is 5.43. The summed E-state index contributed by atoms with van der Waals surface area (Å²) in [6.07, 6.45) is 3.92. The number of rotatable bonds is 1. The van der Waals surface area contributed by atoms with Crippen molar-refractivity contribution in [2.45, 2.75) is 23.4 Å². The number of ether oxygens (including phenoxy) is 1. The molecule has 0 aromatic heterocycles. The van der Waals surface area contributed by atoms with E-state index in [2.05, 4.69) is 9.81 Å². The molecule has 0 aliphatic carbocycles. The Bertz CT molecular complexity index is 63.4. The second-order valence-corrected chi connectivity index (χ2v) is 6.29. The van der Waals surface area contributed by atoms with Gasteiger partial charge in [0.25, 0.3) is 0 Å². The first-order chi connectivity index (χ1) is 3.93. The summed E-state index contributed by atoms with van der Waals surface area (Å²) in [6, 6.07) is 0. The van der Waals surface area contributed by atoms with Crippen molar-refractivity contribution in [1.29, 1.82) is 0 Å². The van der Waals surface area contributed by atoms with Crippen LogP contribution in [0.4, 0.5) is 0 Å². The standard InChI is InChI=1S/C5H9O.H2S.Sn/c1-2-4-6-5-3-1;;/h4H,1-3,5H2;1H2;/q;;+1/p-1. The molecule has 46 valence electrons. The molecule has 2 radical (unpaired) electrons. The molecule has 3 heteroatoms. The zero-order chi connectivity index (χ0) is 5.82. The Kier molecular flexibility index (Phi) is 3.62. The molecule has 1 nitrogen and oxygen atoms in total. The van der Waals surface area contributed by atoms with E-state index in [1.807, 2.05) is 0 Å². The second kappa shape index (κ2) is 4.01. The Hall–Kier alpha value is 1.11. The molecule has 0 bridgehead atoms. The van der Waals surface area contributed by atoms with Gasteiger partial charge in [-0.2, -0.15) is 0 Å². The van der Waals surface area contributed by atoms with Crippen LogP contribution in [-0.2, 0) is 4.74 Å². The quantitative estimate of drug-likeness (QED) is 0.530. The second-order valence-electron chi connectivity index (χ2n) is 1.98. The van der Waals surface area contributed by atoms with Gasteiger partial charge in [-0.3, -0.25) is 0 Å². The van der Waals surface area contributed by atoms with Crippen molar-refractivity contribution < 1.29 is 4.74 Å². The molecule has 0 N–H and O–H groups in total. The minimum atomic E-state index is -0.394. The predicted octanol–water partition coefficient (Wildman–Crippen LogP) is 1.06. The molecule has 1 heterocycles. The van der Waals surface area contributed by atoms with E-state index in [0.29, 0.717) is 4.12 Å². The van der Waals surface area contributed by atoms with Gasteiger partial charge < -0.3 is 0 Å². The van der Waals surface area contributed by atoms with Crippen molar-refractivity contribution >= 4 is 29.6 Å². The topological polar surface area (TPSA) is 9.23 Å². The van der Waals surface area contributed by atoms with Gasteiger partial charge in [0.1, 0.15) is 0 Å². The fraction of sp³-hybridized carbons (Fsp3) is 1.00. The third-order valence-corrected chi connectivity index (χ3v) is 5.38. The number of hydrogen-bond acceptors (Lipinski definition) is 2. The number of thiol groups is 1. The van der Waals surface area contributed by atoms with Gasteiger partial charge in [-0.1, -0.05) is 0 Å². The van der Waals surface area contributed by atoms with Crippen LogP contribution in [0, 0.1) is 0 Å². The molecule has 1 aliphatic rings. The summed E-state index contributed by atoms with van der Waals surface area (Å²) in [6.45, 7) is 0.992. The Morgan fingerprint density at radius 2 is 2.38 bits per heavy atom. The van der Waals surface area contributed by atoms with Crippen LogP contribution in [0.5, 0.6) is 0 Å². The van der Waals surface area contributed by atoms with E-state index in [1.54, 1.807) is 0 Å². The fourth-order valence-corrected chi connectivity index (χ4v) is 3.71. The van der Waals surface area contributed by atoms with E-state index in [0.717, 1.165) is 6.61 Å². The maximum absolute atomic E-state index is 5.43. The van der Waals surface area contributed by atoms with Crippen LogP contribution in [0.3, 0.4) is 0 Å². The normalized spacial score (nSPS) is 30.4. The number of hydrogen-bond donors (Lipinski definition) is 1. The summed E-state index contributed by atoms with van der Waals surface area (Å²) in [5, 5.41) is 0. The van der Waals surface area contributed by atoms with E-state index in [-0.39, 0.29) is 0 Å². The van der Waals surface area contributed by atoms with E-state index >= 15 is 0 Å². The van der Waals surface area contributed by atoms with E-state index < -0.39 is 19.8 Å². The Labute approximate surface area is 64.3 Å². The first-order valence-corrected chi connectivity index (χ1v) is 8.87. The molecule has 0 saturated carbocycles. The summed E-state index contributed by atoms with van der Waals surface area (Å²) in [5.74, 6) is 0. The molecule has 0 aromatic carbocycles. The van der Waals surface area contributed by atoms with Gasteiger partial charge in [0.05, 0.1) is 0 Å². The van der Waals surface area contributed by atoms with E-state index in [4.69, 9.17) is 4.74 Å². The van der Waals surface area contributed by atoms with Crippen LogP contribution < -0.4 is 0 Å². The van der Waals surface area contributed by atoms with Crippen molar-refractivity contribution in [3.63, 3.8) is 0 Å². The van der Waals surface area contributed by atoms with Crippen molar-refractivity contribution in [1.82, 2.24) is 0 Å². The van der Waals surface area contributed by atoms with E-state index in [9.17, 15) is 0 Å². The predicted molar refractivity (Wildman–Crippen MR) is 38.3 cm³/mol. The van der Waals surface area contributed by atoms with Gasteiger partial charge in [0.2, 0.25) is 0 Å². The van der Waals surface area contributed by atoms with Crippen LogP contribution >= 0.6 is 9.81 Å². The van der Waals surface area contributed by atoms with Crippen LogP contribution in [0.15, 0.2) is 0 Å². The van der Waals surface area contributed by atoms with Gasteiger partial charge in [-0.15, -0.1) is 0 Å². The minimum absolute atomic E-state index is 0.394. The molecule has 1 aliphatic heterocycles. The third kappa shape index (κ3) is 2.15. The molecule has 0 spiro atoms. The Morgan fingerprint density at radius 3 is 2.75 bits per heavy atom. The summed E-state index contributed by atoms with van der Waals surface area (Å²) in [7, 11) is 4.31. The van der Waals surface area contributed by atoms with Crippen LogP contribution in [0.25, 0.3) is 0 Å². The molecule has 8 heavy (non-hydrogen) atoms. The molecule has 1 fully saturated rings. The van der Waals surface area contributed by atoms with Crippen molar-refractivity contribution in [2.24, 2.45) is 0 Å². The van der Waals surface area contributed by atoms with Crippen molar-refractivity contribution in [3.05, 3.63) is 0 Å². The van der Waals surface area contributed by atoms with Gasteiger partial charge in [0, 0.05) is 0 Å². The SMILES string of the molecule is [SH][Sn][CH]1CCCCO1. The zero-order valence-electron chi connectivity index (χ0n) is 4.76. The molecule has 0 aromatic rings. The van der Waals surface area contributed by atoms with Crippen LogP contribution in [-0.4, -0.2) is 30.5 Å². The molecule has 1 unspecified atom stereocenters. The van der Waals surface area contributed by atoms with Gasteiger partial charge in [-0.25, -0.2) is 0 Å². The summed E-state index contributed by atoms with van der Waals surface area (Å²) in [4.78, 5) is 0. The van der Waals surface area contributed by atoms with Crippen molar-refractivity contribution in [2.75, 3.05) is 6.61 Å². The summed E-state index contributed by atoms with van der Waals surface area (Å²) >= 11 is -0.394. The summed E-state index contributed by atoms with van der Waals surface area (Å²) < 4.78 is 6.05. The van der Waals surface area contributed by atoms with Gasteiger partial charge in [-0.05, 0) is 0 Å². The third-order valence-electron chi connectivity index (χ3n) is 1.32. The molecular weight excluding hydrogens is 227 g/mol.